The predicted octanol–water partition coefficient (Wildman–Crippen LogP) is 1.18. The summed E-state index contributed by atoms with van der Waals surface area (Å²) in [5, 5.41) is 8.72. The van der Waals surface area contributed by atoms with Crippen LogP contribution in [-0.2, 0) is 0 Å². The largest absolute Gasteiger partial charge is 0.352 e. The van der Waals surface area contributed by atoms with Crippen molar-refractivity contribution in [1.82, 2.24) is 15.5 Å². The van der Waals surface area contributed by atoms with E-state index in [0.717, 1.165) is 0 Å². The minimum atomic E-state index is -2.52. The van der Waals surface area contributed by atoms with Crippen molar-refractivity contribution in [2.24, 2.45) is 5.92 Å². The summed E-state index contributed by atoms with van der Waals surface area (Å²) in [5.41, 5.74) is 0.418. The van der Waals surface area contributed by atoms with Gasteiger partial charge in [0.1, 0.15) is 0 Å². The molecule has 1 aromatic rings. The van der Waals surface area contributed by atoms with Crippen LogP contribution in [-0.4, -0.2) is 28.6 Å². The van der Waals surface area contributed by atoms with Crippen molar-refractivity contribution in [3.8, 4) is 0 Å². The van der Waals surface area contributed by atoms with Gasteiger partial charge in [0.05, 0.1) is 11.8 Å². The fraction of sp³-hybridized carbons (Fsp3) is 0.556. The number of aromatic nitrogens is 2. The van der Waals surface area contributed by atoms with Crippen molar-refractivity contribution in [1.29, 1.82) is 0 Å². The highest BCUT2D eigenvalue weighted by Crippen LogP contribution is 2.41. The first kappa shape index (κ1) is 10.1. The number of rotatable bonds is 3. The standard InChI is InChI=1S/C9H11F2N3O/c10-9(11)1-6(2-9)3-12-8(15)7-4-13-14-5-7/h4-6H,1-3H2,(H,12,15)(H,13,14). The van der Waals surface area contributed by atoms with Crippen molar-refractivity contribution >= 4 is 5.91 Å². The lowest BCUT2D eigenvalue weighted by molar-refractivity contribution is -0.108. The van der Waals surface area contributed by atoms with E-state index in [-0.39, 0.29) is 24.7 Å². The molecule has 0 aromatic carbocycles. The molecule has 1 aromatic heterocycles. The van der Waals surface area contributed by atoms with Crippen LogP contribution < -0.4 is 5.32 Å². The zero-order valence-electron chi connectivity index (χ0n) is 7.96. The summed E-state index contributed by atoms with van der Waals surface area (Å²) < 4.78 is 24.9. The van der Waals surface area contributed by atoms with Crippen LogP contribution >= 0.6 is 0 Å². The lowest BCUT2D eigenvalue weighted by Crippen LogP contribution is -2.42. The average Bonchev–Trinajstić information content (AvgIpc) is 2.63. The zero-order chi connectivity index (χ0) is 10.9. The normalized spacial score (nSPS) is 19.6. The van der Waals surface area contributed by atoms with E-state index in [1.165, 1.54) is 12.4 Å². The first-order valence-electron chi connectivity index (χ1n) is 4.72. The van der Waals surface area contributed by atoms with Gasteiger partial charge in [-0.05, 0) is 5.92 Å². The molecule has 1 heterocycles. The summed E-state index contributed by atoms with van der Waals surface area (Å²) in [6, 6.07) is 0. The van der Waals surface area contributed by atoms with E-state index in [1.54, 1.807) is 0 Å². The number of carbonyl (C=O) groups is 1. The summed E-state index contributed by atoms with van der Waals surface area (Å²) in [6.07, 6.45) is 2.60. The number of amides is 1. The molecule has 1 fully saturated rings. The molecular formula is C9H11F2N3O. The molecule has 2 N–H and O–H groups in total. The molecule has 0 unspecified atom stereocenters. The number of aromatic amines is 1. The molecule has 1 amide bonds. The molecule has 1 saturated carbocycles. The van der Waals surface area contributed by atoms with Gasteiger partial charge in [-0.2, -0.15) is 5.10 Å². The Balaban J connectivity index is 1.74. The second-order valence-electron chi connectivity index (χ2n) is 3.83. The van der Waals surface area contributed by atoms with Gasteiger partial charge in [0.2, 0.25) is 5.92 Å². The highest BCUT2D eigenvalue weighted by atomic mass is 19.3. The second-order valence-corrected chi connectivity index (χ2v) is 3.83. The molecule has 2 rings (SSSR count). The van der Waals surface area contributed by atoms with Gasteiger partial charge in [-0.3, -0.25) is 9.89 Å². The summed E-state index contributed by atoms with van der Waals surface area (Å²) in [4.78, 5) is 11.4. The molecular weight excluding hydrogens is 204 g/mol. The summed E-state index contributed by atoms with van der Waals surface area (Å²) in [7, 11) is 0. The third-order valence-electron chi connectivity index (χ3n) is 2.49. The number of hydrogen-bond donors (Lipinski definition) is 2. The summed E-state index contributed by atoms with van der Waals surface area (Å²) in [5.74, 6) is -2.90. The first-order valence-corrected chi connectivity index (χ1v) is 4.72. The van der Waals surface area contributed by atoms with E-state index in [9.17, 15) is 13.6 Å². The first-order chi connectivity index (χ1) is 7.07. The summed E-state index contributed by atoms with van der Waals surface area (Å²) >= 11 is 0. The van der Waals surface area contributed by atoms with Crippen molar-refractivity contribution < 1.29 is 13.6 Å². The Morgan fingerprint density at radius 2 is 2.40 bits per heavy atom. The van der Waals surface area contributed by atoms with Gasteiger partial charge in [0, 0.05) is 25.6 Å². The molecule has 1 aliphatic rings. The Kier molecular flexibility index (Phi) is 2.42. The van der Waals surface area contributed by atoms with Gasteiger partial charge in [-0.1, -0.05) is 0 Å². The van der Waals surface area contributed by atoms with Crippen LogP contribution in [0.1, 0.15) is 23.2 Å². The number of alkyl halides is 2. The average molecular weight is 215 g/mol. The Morgan fingerprint density at radius 1 is 1.67 bits per heavy atom. The lowest BCUT2D eigenvalue weighted by Gasteiger charge is -2.34. The van der Waals surface area contributed by atoms with E-state index < -0.39 is 5.92 Å². The van der Waals surface area contributed by atoms with Crippen molar-refractivity contribution in [2.75, 3.05) is 6.54 Å². The third kappa shape index (κ3) is 2.31. The molecule has 6 heteroatoms. The molecule has 82 valence electrons. The fourth-order valence-electron chi connectivity index (χ4n) is 1.64. The topological polar surface area (TPSA) is 57.8 Å². The van der Waals surface area contributed by atoms with Gasteiger partial charge < -0.3 is 5.32 Å². The highest BCUT2D eigenvalue weighted by molar-refractivity contribution is 5.93. The van der Waals surface area contributed by atoms with Crippen LogP contribution in [0.5, 0.6) is 0 Å². The van der Waals surface area contributed by atoms with Gasteiger partial charge >= 0.3 is 0 Å². The van der Waals surface area contributed by atoms with E-state index in [1.807, 2.05) is 0 Å². The lowest BCUT2D eigenvalue weighted by atomic mass is 9.81. The predicted molar refractivity (Wildman–Crippen MR) is 48.6 cm³/mol. The SMILES string of the molecule is O=C(NCC1CC(F)(F)C1)c1cn[nH]c1. The van der Waals surface area contributed by atoms with Crippen LogP contribution in [0.3, 0.4) is 0 Å². The maximum Gasteiger partial charge on any atom is 0.254 e. The highest BCUT2D eigenvalue weighted by Gasteiger charge is 2.44. The Morgan fingerprint density at radius 3 is 2.93 bits per heavy atom. The van der Waals surface area contributed by atoms with Crippen molar-refractivity contribution in [3.63, 3.8) is 0 Å². The van der Waals surface area contributed by atoms with E-state index >= 15 is 0 Å². The number of halogens is 2. The minimum Gasteiger partial charge on any atom is -0.352 e. The van der Waals surface area contributed by atoms with Gasteiger partial charge in [0.15, 0.2) is 0 Å². The molecule has 0 atom stereocenters. The third-order valence-corrected chi connectivity index (χ3v) is 2.49. The number of nitrogens with one attached hydrogen (secondary N) is 2. The van der Waals surface area contributed by atoms with E-state index in [2.05, 4.69) is 15.5 Å². The number of carbonyl (C=O) groups excluding carboxylic acids is 1. The van der Waals surface area contributed by atoms with E-state index in [0.29, 0.717) is 12.1 Å². The minimum absolute atomic E-state index is 0.101. The molecule has 0 saturated heterocycles. The van der Waals surface area contributed by atoms with Crippen LogP contribution in [0.2, 0.25) is 0 Å². The smallest absolute Gasteiger partial charge is 0.254 e. The fourth-order valence-corrected chi connectivity index (χ4v) is 1.64. The van der Waals surface area contributed by atoms with Crippen LogP contribution in [0.4, 0.5) is 8.78 Å². The van der Waals surface area contributed by atoms with Crippen molar-refractivity contribution in [3.05, 3.63) is 18.0 Å². The molecule has 15 heavy (non-hydrogen) atoms. The van der Waals surface area contributed by atoms with Crippen LogP contribution in [0.25, 0.3) is 0 Å². The van der Waals surface area contributed by atoms with Gasteiger partial charge in [0.25, 0.3) is 5.91 Å². The number of H-pyrrole nitrogens is 1. The molecule has 1 aliphatic carbocycles. The maximum absolute atomic E-state index is 12.5. The molecule has 0 aliphatic heterocycles. The summed E-state index contributed by atoms with van der Waals surface area (Å²) in [6.45, 7) is 0.305. The zero-order valence-corrected chi connectivity index (χ0v) is 7.96. The number of hydrogen-bond acceptors (Lipinski definition) is 2. The molecule has 0 spiro atoms. The van der Waals surface area contributed by atoms with Crippen molar-refractivity contribution in [2.45, 2.75) is 18.8 Å². The van der Waals surface area contributed by atoms with Crippen LogP contribution in [0, 0.1) is 5.92 Å². The Hall–Kier alpha value is -1.46. The monoisotopic (exact) mass is 215 g/mol. The Labute approximate surface area is 85.1 Å². The van der Waals surface area contributed by atoms with Crippen LogP contribution in [0.15, 0.2) is 12.4 Å². The van der Waals surface area contributed by atoms with Gasteiger partial charge in [-0.15, -0.1) is 0 Å². The Bertz CT molecular complexity index is 342. The van der Waals surface area contributed by atoms with E-state index in [4.69, 9.17) is 0 Å². The second kappa shape index (κ2) is 3.60. The molecule has 0 bridgehead atoms. The number of nitrogens with zero attached hydrogens (tertiary/aromatic N) is 1. The van der Waals surface area contributed by atoms with Gasteiger partial charge in [-0.25, -0.2) is 8.78 Å². The molecule has 0 radical (unpaired) electrons. The molecule has 4 nitrogen and oxygen atoms in total. The quantitative estimate of drug-likeness (QED) is 0.795. The maximum atomic E-state index is 12.5.